The highest BCUT2D eigenvalue weighted by atomic mass is 15.3. The van der Waals surface area contributed by atoms with E-state index in [4.69, 9.17) is 0 Å². The summed E-state index contributed by atoms with van der Waals surface area (Å²) in [5, 5.41) is 3.48. The van der Waals surface area contributed by atoms with Crippen molar-refractivity contribution in [1.29, 1.82) is 0 Å². The molecule has 2 heterocycles. The monoisotopic (exact) mass is 237 g/mol. The van der Waals surface area contributed by atoms with Gasteiger partial charge in [-0.05, 0) is 38.8 Å². The number of hydrogen-bond acceptors (Lipinski definition) is 3. The molecule has 0 aromatic rings. The Kier molecular flexibility index (Phi) is 3.99. The van der Waals surface area contributed by atoms with Crippen LogP contribution in [0.15, 0.2) is 0 Å². The van der Waals surface area contributed by atoms with Gasteiger partial charge in [-0.15, -0.1) is 0 Å². The number of nitrogens with one attached hydrogen (secondary N) is 1. The van der Waals surface area contributed by atoms with Gasteiger partial charge in [-0.3, -0.25) is 9.80 Å². The van der Waals surface area contributed by atoms with Crippen molar-refractivity contribution >= 4 is 0 Å². The summed E-state index contributed by atoms with van der Waals surface area (Å²) in [5.41, 5.74) is 0. The lowest BCUT2D eigenvalue weighted by Gasteiger charge is -2.41. The number of rotatable bonds is 2. The first-order chi connectivity index (χ1) is 8.45. The highest BCUT2D eigenvalue weighted by molar-refractivity contribution is 4.93. The van der Waals surface area contributed by atoms with Crippen molar-refractivity contribution in [2.45, 2.75) is 50.6 Å². The van der Waals surface area contributed by atoms with Crippen LogP contribution in [0.4, 0.5) is 0 Å². The number of likely N-dealkylation sites (tertiary alicyclic amines) is 1. The summed E-state index contributed by atoms with van der Waals surface area (Å²) in [5.74, 6) is 0. The van der Waals surface area contributed by atoms with Crippen LogP contribution in [0.2, 0.25) is 0 Å². The van der Waals surface area contributed by atoms with E-state index in [0.717, 1.165) is 12.1 Å². The fourth-order valence-electron chi connectivity index (χ4n) is 4.04. The molecule has 3 rings (SSSR count). The van der Waals surface area contributed by atoms with Gasteiger partial charge in [0.25, 0.3) is 0 Å². The smallest absolute Gasteiger partial charge is 0.0252 e. The second-order valence-electron chi connectivity index (χ2n) is 5.95. The average Bonchev–Trinajstić information content (AvgIpc) is 2.90. The third kappa shape index (κ3) is 2.67. The molecule has 3 heteroatoms. The lowest BCUT2D eigenvalue weighted by atomic mass is 10.0. The lowest BCUT2D eigenvalue weighted by Crippen LogP contribution is -2.55. The zero-order chi connectivity index (χ0) is 11.5. The van der Waals surface area contributed by atoms with E-state index in [1.807, 2.05) is 0 Å². The van der Waals surface area contributed by atoms with E-state index < -0.39 is 0 Å². The van der Waals surface area contributed by atoms with Crippen LogP contribution in [-0.2, 0) is 0 Å². The standard InChI is InChI=1S/C14H27N3/c1-2-9-16(10-3-1)13-5-4-6-14(13)17-11-7-15-8-12-17/h13-15H,1-12H2/t13-,14+/m0/s1. The zero-order valence-electron chi connectivity index (χ0n) is 11.0. The van der Waals surface area contributed by atoms with Crippen molar-refractivity contribution in [3.63, 3.8) is 0 Å². The second-order valence-corrected chi connectivity index (χ2v) is 5.95. The van der Waals surface area contributed by atoms with Crippen molar-refractivity contribution in [3.05, 3.63) is 0 Å². The SMILES string of the molecule is C1CCN([C@H]2CCC[C@H]2N2CCNCC2)CC1. The minimum absolute atomic E-state index is 0.871. The third-order valence-corrected chi connectivity index (χ3v) is 4.92. The summed E-state index contributed by atoms with van der Waals surface area (Å²) in [6, 6.07) is 1.75. The van der Waals surface area contributed by atoms with Crippen LogP contribution in [0.3, 0.4) is 0 Å². The minimum Gasteiger partial charge on any atom is -0.314 e. The van der Waals surface area contributed by atoms with Gasteiger partial charge in [0.1, 0.15) is 0 Å². The zero-order valence-corrected chi connectivity index (χ0v) is 11.0. The summed E-state index contributed by atoms with van der Waals surface area (Å²) >= 11 is 0. The second kappa shape index (κ2) is 5.68. The molecule has 0 amide bonds. The maximum absolute atomic E-state index is 3.48. The van der Waals surface area contributed by atoms with Crippen LogP contribution in [0.25, 0.3) is 0 Å². The molecule has 98 valence electrons. The van der Waals surface area contributed by atoms with E-state index in [-0.39, 0.29) is 0 Å². The first-order valence-corrected chi connectivity index (χ1v) is 7.64. The predicted octanol–water partition coefficient (Wildman–Crippen LogP) is 1.30. The quantitative estimate of drug-likeness (QED) is 0.781. The van der Waals surface area contributed by atoms with Crippen LogP contribution in [0, 0.1) is 0 Å². The first-order valence-electron chi connectivity index (χ1n) is 7.64. The molecule has 3 aliphatic rings. The van der Waals surface area contributed by atoms with E-state index >= 15 is 0 Å². The van der Waals surface area contributed by atoms with Gasteiger partial charge in [-0.25, -0.2) is 0 Å². The van der Waals surface area contributed by atoms with Crippen molar-refractivity contribution in [2.75, 3.05) is 39.3 Å². The third-order valence-electron chi connectivity index (χ3n) is 4.92. The summed E-state index contributed by atoms with van der Waals surface area (Å²) in [6.07, 6.45) is 8.68. The van der Waals surface area contributed by atoms with Crippen LogP contribution in [-0.4, -0.2) is 61.2 Å². The molecule has 0 bridgehead atoms. The van der Waals surface area contributed by atoms with Crippen molar-refractivity contribution in [3.8, 4) is 0 Å². The average molecular weight is 237 g/mol. The topological polar surface area (TPSA) is 18.5 Å². The Labute approximate surface area is 106 Å². The van der Waals surface area contributed by atoms with E-state index in [1.165, 1.54) is 77.8 Å². The van der Waals surface area contributed by atoms with Crippen LogP contribution < -0.4 is 5.32 Å². The highest BCUT2D eigenvalue weighted by Gasteiger charge is 2.36. The molecule has 2 atom stereocenters. The molecular formula is C14H27N3. The Balaban J connectivity index is 1.61. The van der Waals surface area contributed by atoms with E-state index in [0.29, 0.717) is 0 Å². The predicted molar refractivity (Wildman–Crippen MR) is 71.3 cm³/mol. The first kappa shape index (κ1) is 11.9. The molecule has 2 saturated heterocycles. The van der Waals surface area contributed by atoms with Crippen molar-refractivity contribution in [1.82, 2.24) is 15.1 Å². The lowest BCUT2D eigenvalue weighted by molar-refractivity contribution is 0.0749. The molecule has 2 aliphatic heterocycles. The maximum atomic E-state index is 3.48. The van der Waals surface area contributed by atoms with E-state index in [1.54, 1.807) is 0 Å². The molecule has 1 N–H and O–H groups in total. The normalized spacial score (nSPS) is 37.4. The number of nitrogens with zero attached hydrogens (tertiary/aromatic N) is 2. The minimum atomic E-state index is 0.871. The van der Waals surface area contributed by atoms with Gasteiger partial charge in [-0.2, -0.15) is 0 Å². The van der Waals surface area contributed by atoms with Crippen LogP contribution in [0.5, 0.6) is 0 Å². The molecule has 17 heavy (non-hydrogen) atoms. The van der Waals surface area contributed by atoms with Crippen molar-refractivity contribution < 1.29 is 0 Å². The molecule has 1 aliphatic carbocycles. The summed E-state index contributed by atoms with van der Waals surface area (Å²) < 4.78 is 0. The maximum Gasteiger partial charge on any atom is 0.0252 e. The van der Waals surface area contributed by atoms with Gasteiger partial charge in [-0.1, -0.05) is 12.8 Å². The Morgan fingerprint density at radius 2 is 1.24 bits per heavy atom. The molecule has 1 saturated carbocycles. The molecule has 3 fully saturated rings. The largest absolute Gasteiger partial charge is 0.314 e. The fraction of sp³-hybridized carbons (Fsp3) is 1.00. The molecule has 0 spiro atoms. The molecule has 0 unspecified atom stereocenters. The van der Waals surface area contributed by atoms with Gasteiger partial charge < -0.3 is 5.32 Å². The van der Waals surface area contributed by atoms with Gasteiger partial charge in [0, 0.05) is 38.3 Å². The summed E-state index contributed by atoms with van der Waals surface area (Å²) in [4.78, 5) is 5.58. The van der Waals surface area contributed by atoms with E-state index in [2.05, 4.69) is 15.1 Å². The van der Waals surface area contributed by atoms with Gasteiger partial charge in [0.15, 0.2) is 0 Å². The molecule has 0 aromatic carbocycles. The Morgan fingerprint density at radius 1 is 0.647 bits per heavy atom. The van der Waals surface area contributed by atoms with Crippen LogP contribution in [0.1, 0.15) is 38.5 Å². The molecule has 3 nitrogen and oxygen atoms in total. The van der Waals surface area contributed by atoms with Crippen LogP contribution >= 0.6 is 0 Å². The number of hydrogen-bond donors (Lipinski definition) is 1. The molecular weight excluding hydrogens is 210 g/mol. The highest BCUT2D eigenvalue weighted by Crippen LogP contribution is 2.30. The Morgan fingerprint density at radius 3 is 1.88 bits per heavy atom. The molecule has 0 radical (unpaired) electrons. The van der Waals surface area contributed by atoms with Crippen molar-refractivity contribution in [2.24, 2.45) is 0 Å². The Bertz CT molecular complexity index is 208. The number of piperazine rings is 1. The summed E-state index contributed by atoms with van der Waals surface area (Å²) in [7, 11) is 0. The fourth-order valence-corrected chi connectivity index (χ4v) is 4.04. The number of piperidine rings is 1. The summed E-state index contributed by atoms with van der Waals surface area (Å²) in [6.45, 7) is 7.68. The molecule has 0 aromatic heterocycles. The van der Waals surface area contributed by atoms with Gasteiger partial charge >= 0.3 is 0 Å². The van der Waals surface area contributed by atoms with Gasteiger partial charge in [0.2, 0.25) is 0 Å². The van der Waals surface area contributed by atoms with Gasteiger partial charge in [0.05, 0.1) is 0 Å². The Hall–Kier alpha value is -0.120. The van der Waals surface area contributed by atoms with E-state index in [9.17, 15) is 0 Å².